The highest BCUT2D eigenvalue weighted by Crippen LogP contribution is 2.35. The van der Waals surface area contributed by atoms with E-state index in [1.165, 1.54) is 90.7 Å². The smallest absolute Gasteiger partial charge is 0.245 e. The zero-order chi connectivity index (χ0) is 72.8. The van der Waals surface area contributed by atoms with E-state index in [4.69, 9.17) is 4.74 Å². The van der Waals surface area contributed by atoms with Crippen LogP contribution in [0.1, 0.15) is 196 Å². The summed E-state index contributed by atoms with van der Waals surface area (Å²) in [6, 6.07) is -9.70. The van der Waals surface area contributed by atoms with Gasteiger partial charge < -0.3 is 65.2 Å². The zero-order valence-electron chi connectivity index (χ0n) is 62.0. The summed E-state index contributed by atoms with van der Waals surface area (Å²) in [5.41, 5.74) is 0. The molecule has 5 aliphatic rings. The Morgan fingerprint density at radius 1 is 0.500 bits per heavy atom. The monoisotopic (exact) mass is 1490 g/mol. The molecule has 0 radical (unpaired) electrons. The number of likely N-dealkylation sites (tertiary alicyclic amines) is 1. The fraction of sp³-hybridized carbons (Fsp3) is 0.833. The molecule has 0 aromatic carbocycles. The highest BCUT2D eigenvalue weighted by atomic mass is 127. The number of hydrogen-bond acceptors (Lipinski definition) is 13. The summed E-state index contributed by atoms with van der Waals surface area (Å²) >= 11 is 2.42. The number of alkyl halides is 1. The van der Waals surface area contributed by atoms with Crippen molar-refractivity contribution in [3.05, 3.63) is 0 Å². The molecule has 2 aliphatic heterocycles. The molecule has 3 aliphatic carbocycles. The van der Waals surface area contributed by atoms with E-state index in [2.05, 4.69) is 50.8 Å². The number of piperidine rings is 1. The minimum absolute atomic E-state index is 0.0389. The average Bonchev–Trinajstić information content (AvgIpc) is 0.828. The number of halogens is 1. The summed E-state index contributed by atoms with van der Waals surface area (Å²) in [4.78, 5) is 189. The first kappa shape index (κ1) is 83.0. The van der Waals surface area contributed by atoms with Crippen molar-refractivity contribution < 1.29 is 62.3 Å². The first-order chi connectivity index (χ1) is 46.3. The van der Waals surface area contributed by atoms with Gasteiger partial charge in [0.15, 0.2) is 0 Å². The number of amides is 12. The van der Waals surface area contributed by atoms with Crippen LogP contribution in [0, 0.1) is 41.4 Å². The third-order valence-corrected chi connectivity index (χ3v) is 22.7. The average molecular weight is 1490 g/mol. The molecule has 12 amide bonds. The number of likely N-dealkylation sites (N-methyl/N-ethyl adjacent to an activating group) is 7. The Kier molecular flexibility index (Phi) is 34.0. The summed E-state index contributed by atoms with van der Waals surface area (Å²) in [5, 5.41) is 11.9. The lowest BCUT2D eigenvalue weighted by atomic mass is 9.79. The maximum absolute atomic E-state index is 15.4. The molecule has 2 saturated heterocycles. The minimum atomic E-state index is -1.39. The molecule has 4 unspecified atom stereocenters. The van der Waals surface area contributed by atoms with Gasteiger partial charge in [-0.3, -0.25) is 57.5 Å². The van der Waals surface area contributed by atoms with Crippen molar-refractivity contribution in [2.75, 3.05) is 95.8 Å². The predicted octanol–water partition coefficient (Wildman–Crippen LogP) is 5.38. The zero-order valence-corrected chi connectivity index (χ0v) is 64.2. The van der Waals surface area contributed by atoms with Crippen molar-refractivity contribution in [2.24, 2.45) is 41.4 Å². The first-order valence-electron chi connectivity index (χ1n) is 36.7. The Labute approximate surface area is 598 Å². The van der Waals surface area contributed by atoms with Gasteiger partial charge in [-0.05, 0) is 106 Å². The third kappa shape index (κ3) is 24.6. The molecule has 5 fully saturated rings. The van der Waals surface area contributed by atoms with E-state index >= 15 is 19.2 Å². The van der Waals surface area contributed by atoms with Gasteiger partial charge in [-0.25, -0.2) is 0 Å². The maximum Gasteiger partial charge on any atom is 0.245 e. The van der Waals surface area contributed by atoms with E-state index in [1.54, 1.807) is 11.8 Å². The van der Waals surface area contributed by atoms with Crippen LogP contribution < -0.4 is 21.3 Å². The van der Waals surface area contributed by atoms with Crippen molar-refractivity contribution in [3.8, 4) is 0 Å². The number of methoxy groups -OCH3 is 1. The summed E-state index contributed by atoms with van der Waals surface area (Å²) in [6.07, 6.45) is 14.8. The molecule has 2 heterocycles. The number of hydrogen-bond donors (Lipinski definition) is 4. The Morgan fingerprint density at radius 2 is 1.04 bits per heavy atom. The van der Waals surface area contributed by atoms with E-state index in [9.17, 15) is 38.4 Å². The number of carbonyl (C=O) groups excluding carboxylic acids is 12. The number of nitrogens with zero attached hydrogens (tertiary/aromatic N) is 8. The molecule has 0 aromatic rings. The van der Waals surface area contributed by atoms with Crippen molar-refractivity contribution in [2.45, 2.75) is 248 Å². The van der Waals surface area contributed by atoms with Gasteiger partial charge >= 0.3 is 0 Å². The lowest BCUT2D eigenvalue weighted by Gasteiger charge is -2.38. The number of carbonyl (C=O) groups is 12. The highest BCUT2D eigenvalue weighted by Gasteiger charge is 2.43. The van der Waals surface area contributed by atoms with Crippen LogP contribution in [-0.4, -0.2) is 258 Å². The summed E-state index contributed by atoms with van der Waals surface area (Å²) in [5.74, 6) is -7.44. The Bertz CT molecular complexity index is 2700. The fourth-order valence-corrected chi connectivity index (χ4v) is 16.0. The summed E-state index contributed by atoms with van der Waals surface area (Å²) in [7, 11) is 11.6. The van der Waals surface area contributed by atoms with Crippen LogP contribution in [0.4, 0.5) is 0 Å². The lowest BCUT2D eigenvalue weighted by molar-refractivity contribution is -0.151. The number of ether oxygens (including phenoxy) is 1. The SMILES string of the molecule is CC[C@H](C)C1NC(=O)[C@H](CC(C)C)N(C)C(=O)C[C@@H](C(=O)N2CCCCC2)N(C)C(=O)[C@H](CC(C)C)NC(=O)[C@H](COC)N(C)C(=O)[C@H](CC2CCCCC2)NC(=O)[C@H](CC2CCCC(I)C2)NC(=O)CN(C)C(=O)C(CC2CCC(C)CC2)N(C)C(=O)CN(C)C(=O)CN(C)C1=O. The van der Waals surface area contributed by atoms with Gasteiger partial charge in [-0.2, -0.15) is 0 Å². The van der Waals surface area contributed by atoms with Gasteiger partial charge in [-0.1, -0.05) is 148 Å². The van der Waals surface area contributed by atoms with Crippen LogP contribution in [0.5, 0.6) is 0 Å². The van der Waals surface area contributed by atoms with Gasteiger partial charge in [0.1, 0.15) is 48.3 Å². The van der Waals surface area contributed by atoms with Gasteiger partial charge in [0.25, 0.3) is 0 Å². The largest absolute Gasteiger partial charge is 0.382 e. The molecule has 26 heteroatoms. The highest BCUT2D eigenvalue weighted by molar-refractivity contribution is 14.1. The van der Waals surface area contributed by atoms with E-state index in [0.717, 1.165) is 89.9 Å². The second-order valence-electron chi connectivity index (χ2n) is 30.5. The van der Waals surface area contributed by atoms with E-state index < -0.39 is 151 Å². The Morgan fingerprint density at radius 3 is 1.64 bits per heavy atom. The molecule has 98 heavy (non-hydrogen) atoms. The van der Waals surface area contributed by atoms with Crippen molar-refractivity contribution >= 4 is 93.5 Å². The molecule has 3 saturated carbocycles. The molecule has 556 valence electrons. The molecular formula is C72H123IN12O13. The number of nitrogens with one attached hydrogen (secondary N) is 4. The first-order valence-corrected chi connectivity index (χ1v) is 37.9. The molecule has 4 N–H and O–H groups in total. The van der Waals surface area contributed by atoms with E-state index in [1.807, 2.05) is 34.6 Å². The summed E-state index contributed by atoms with van der Waals surface area (Å²) in [6.45, 7) is 12.4. The Balaban J connectivity index is 1.62. The van der Waals surface area contributed by atoms with Crippen molar-refractivity contribution in [1.29, 1.82) is 0 Å². The molecule has 0 aromatic heterocycles. The van der Waals surface area contributed by atoms with Crippen LogP contribution in [0.15, 0.2) is 0 Å². The molecule has 5 rings (SSSR count). The molecule has 0 bridgehead atoms. The predicted molar refractivity (Wildman–Crippen MR) is 383 cm³/mol. The Hall–Kier alpha value is -5.67. The normalized spacial score (nSPS) is 29.8. The minimum Gasteiger partial charge on any atom is -0.382 e. The quantitative estimate of drug-likeness (QED) is 0.119. The molecule has 0 spiro atoms. The van der Waals surface area contributed by atoms with E-state index in [0.29, 0.717) is 48.6 Å². The second-order valence-corrected chi connectivity index (χ2v) is 32.3. The lowest BCUT2D eigenvalue weighted by Crippen LogP contribution is -2.61. The van der Waals surface area contributed by atoms with Crippen molar-refractivity contribution in [3.63, 3.8) is 0 Å². The van der Waals surface area contributed by atoms with Crippen LogP contribution in [0.25, 0.3) is 0 Å². The number of rotatable bonds is 15. The summed E-state index contributed by atoms with van der Waals surface area (Å²) < 4.78 is 5.98. The van der Waals surface area contributed by atoms with Crippen LogP contribution >= 0.6 is 22.6 Å². The third-order valence-electron chi connectivity index (χ3n) is 21.5. The molecule has 11 atom stereocenters. The standard InChI is InChI=1S/C72H123IN12O13/c1-16-48(7)64-72(97)80(10)42-62(88)78(8)43-63(89)82(12)57(39-50-30-28-47(6)29-31-50)70(95)79(9)41-60(86)74-53(38-51-26-23-27-52(73)36-51)65(90)75-55(37-49-24-19-17-20-25-49)69(94)84(14)59(44-98-15)67(92)76-54(34-45(2)3)68(93)83(13)58(71(96)85-32-21-18-22-33-85)40-61(87)81(11)56(35-46(4)5)66(91)77-64/h45-59,64H,16-44H2,1-15H3,(H,74,86)(H,75,90)(H,76,92)(H,77,91)/t47?,48-,50?,51?,52?,53-,54-,55-,56-,57?,58-,59-,64?/m0/s1. The van der Waals surface area contributed by atoms with Gasteiger partial charge in [0.05, 0.1) is 32.7 Å². The topological polar surface area (TPSA) is 288 Å². The van der Waals surface area contributed by atoms with Crippen molar-refractivity contribution in [1.82, 2.24) is 60.5 Å². The molecular weight excluding hydrogens is 1370 g/mol. The van der Waals surface area contributed by atoms with Crippen LogP contribution in [-0.2, 0) is 62.3 Å². The van der Waals surface area contributed by atoms with E-state index in [-0.39, 0.29) is 61.9 Å². The fourth-order valence-electron chi connectivity index (χ4n) is 14.9. The van der Waals surface area contributed by atoms with Crippen LogP contribution in [0.3, 0.4) is 0 Å². The maximum atomic E-state index is 15.4. The van der Waals surface area contributed by atoms with Crippen LogP contribution in [0.2, 0.25) is 0 Å². The molecule has 25 nitrogen and oxygen atoms in total. The van der Waals surface area contributed by atoms with Gasteiger partial charge in [-0.15, -0.1) is 0 Å². The van der Waals surface area contributed by atoms with Gasteiger partial charge in [0.2, 0.25) is 70.9 Å². The van der Waals surface area contributed by atoms with Gasteiger partial charge in [0, 0.05) is 73.5 Å². The second kappa shape index (κ2) is 40.1.